The van der Waals surface area contributed by atoms with Crippen LogP contribution in [0.25, 0.3) is 0 Å². The summed E-state index contributed by atoms with van der Waals surface area (Å²) < 4.78 is 22.0. The number of thioether (sulfide) groups is 1. The largest absolute Gasteiger partial charge is 0.229 e. The second-order valence-corrected chi connectivity index (χ2v) is 6.91. The second-order valence-electron chi connectivity index (χ2n) is 3.54. The molecule has 0 aliphatic heterocycles. The van der Waals surface area contributed by atoms with Gasteiger partial charge in [-0.25, -0.2) is 8.42 Å². The molecular weight excluding hydrogens is 242 g/mol. The van der Waals surface area contributed by atoms with E-state index in [4.69, 9.17) is 5.26 Å². The lowest BCUT2D eigenvalue weighted by Crippen LogP contribution is -2.05. The number of rotatable bonds is 4. The van der Waals surface area contributed by atoms with Crippen LogP contribution in [0.3, 0.4) is 0 Å². The molecule has 0 saturated carbocycles. The summed E-state index contributed by atoms with van der Waals surface area (Å²) in [6, 6.07) is 7.61. The molecule has 0 aliphatic carbocycles. The van der Waals surface area contributed by atoms with Crippen LogP contribution in [0.4, 0.5) is 0 Å². The molecule has 5 heteroatoms. The van der Waals surface area contributed by atoms with Gasteiger partial charge in [0.15, 0.2) is 0 Å². The van der Waals surface area contributed by atoms with Crippen molar-refractivity contribution in [3.05, 3.63) is 29.3 Å². The van der Waals surface area contributed by atoms with Gasteiger partial charge in [0.1, 0.15) is 15.9 Å². The molecular formula is C11H13NO2S2. The van der Waals surface area contributed by atoms with Crippen molar-refractivity contribution in [1.29, 1.82) is 5.26 Å². The normalized spacial score (nSPS) is 11.1. The Labute approximate surface area is 100 Å². The van der Waals surface area contributed by atoms with Crippen LogP contribution in [-0.2, 0) is 9.84 Å². The van der Waals surface area contributed by atoms with Crippen LogP contribution >= 0.6 is 11.8 Å². The van der Waals surface area contributed by atoms with Crippen LogP contribution in [0.5, 0.6) is 0 Å². The highest BCUT2D eigenvalue weighted by atomic mass is 32.2. The third kappa shape index (κ3) is 3.87. The van der Waals surface area contributed by atoms with Crippen LogP contribution in [0.1, 0.15) is 11.1 Å². The Hall–Kier alpha value is -0.990. The third-order valence-corrected chi connectivity index (χ3v) is 4.48. The van der Waals surface area contributed by atoms with Crippen LogP contribution in [0, 0.1) is 18.3 Å². The fourth-order valence-electron chi connectivity index (χ4n) is 1.23. The number of nitrogens with zero attached hydrogens (tertiary/aromatic N) is 1. The van der Waals surface area contributed by atoms with Crippen LogP contribution in [-0.4, -0.2) is 26.2 Å². The zero-order valence-electron chi connectivity index (χ0n) is 9.23. The predicted molar refractivity (Wildman–Crippen MR) is 66.3 cm³/mol. The molecule has 0 unspecified atom stereocenters. The molecule has 0 saturated heterocycles. The molecule has 0 amide bonds. The monoisotopic (exact) mass is 255 g/mol. The molecule has 0 heterocycles. The van der Waals surface area contributed by atoms with E-state index in [0.717, 1.165) is 10.5 Å². The lowest BCUT2D eigenvalue weighted by Gasteiger charge is -2.06. The molecule has 3 nitrogen and oxygen atoms in total. The van der Waals surface area contributed by atoms with Gasteiger partial charge in [0.05, 0.1) is 11.3 Å². The SMILES string of the molecule is Cc1cccc(C#N)c1SCCS(C)(=O)=O. The highest BCUT2D eigenvalue weighted by Crippen LogP contribution is 2.26. The Morgan fingerprint density at radius 3 is 2.69 bits per heavy atom. The van der Waals surface area contributed by atoms with Gasteiger partial charge in [-0.1, -0.05) is 12.1 Å². The number of hydrogen-bond acceptors (Lipinski definition) is 4. The van der Waals surface area contributed by atoms with E-state index in [0.29, 0.717) is 11.3 Å². The molecule has 0 aliphatic rings. The quantitative estimate of drug-likeness (QED) is 0.772. The first-order valence-corrected chi connectivity index (χ1v) is 7.79. The summed E-state index contributed by atoms with van der Waals surface area (Å²) in [6.45, 7) is 1.92. The summed E-state index contributed by atoms with van der Waals surface area (Å²) in [5.74, 6) is 0.620. The number of hydrogen-bond donors (Lipinski definition) is 0. The van der Waals surface area contributed by atoms with Crippen molar-refractivity contribution in [2.24, 2.45) is 0 Å². The number of benzene rings is 1. The third-order valence-electron chi connectivity index (χ3n) is 2.03. The van der Waals surface area contributed by atoms with E-state index >= 15 is 0 Å². The molecule has 86 valence electrons. The number of nitriles is 1. The molecule has 0 spiro atoms. The van der Waals surface area contributed by atoms with Gasteiger partial charge < -0.3 is 0 Å². The van der Waals surface area contributed by atoms with Crippen molar-refractivity contribution in [1.82, 2.24) is 0 Å². The van der Waals surface area contributed by atoms with Gasteiger partial charge in [-0.2, -0.15) is 5.26 Å². The molecule has 16 heavy (non-hydrogen) atoms. The average molecular weight is 255 g/mol. The summed E-state index contributed by atoms with van der Waals surface area (Å²) in [7, 11) is -2.93. The Bertz CT molecular complexity index is 515. The van der Waals surface area contributed by atoms with Crippen molar-refractivity contribution >= 4 is 21.6 Å². The van der Waals surface area contributed by atoms with Gasteiger partial charge >= 0.3 is 0 Å². The summed E-state index contributed by atoms with van der Waals surface area (Å²) in [4.78, 5) is 0.883. The minimum absolute atomic E-state index is 0.136. The maximum Gasteiger partial charge on any atom is 0.148 e. The van der Waals surface area contributed by atoms with E-state index in [9.17, 15) is 8.42 Å². The Morgan fingerprint density at radius 1 is 1.44 bits per heavy atom. The van der Waals surface area contributed by atoms with Gasteiger partial charge in [-0.3, -0.25) is 0 Å². The van der Waals surface area contributed by atoms with Crippen molar-refractivity contribution < 1.29 is 8.42 Å². The Kier molecular flexibility index (Phi) is 4.39. The van der Waals surface area contributed by atoms with E-state index < -0.39 is 9.84 Å². The summed E-state index contributed by atoms with van der Waals surface area (Å²) in [5.41, 5.74) is 1.62. The van der Waals surface area contributed by atoms with E-state index in [1.807, 2.05) is 19.1 Å². The van der Waals surface area contributed by atoms with Gasteiger partial charge in [0.25, 0.3) is 0 Å². The maximum atomic E-state index is 11.0. The summed E-state index contributed by atoms with van der Waals surface area (Å²) in [6.07, 6.45) is 1.22. The Balaban J connectivity index is 2.78. The predicted octanol–water partition coefficient (Wildman–Crippen LogP) is 2.00. The fraction of sp³-hybridized carbons (Fsp3) is 0.364. The Morgan fingerprint density at radius 2 is 2.12 bits per heavy atom. The van der Waals surface area contributed by atoms with Crippen LogP contribution in [0.15, 0.2) is 23.1 Å². The van der Waals surface area contributed by atoms with Crippen molar-refractivity contribution in [2.45, 2.75) is 11.8 Å². The molecule has 0 bridgehead atoms. The van der Waals surface area contributed by atoms with Crippen molar-refractivity contribution in [2.75, 3.05) is 17.8 Å². The molecule has 0 N–H and O–H groups in total. The van der Waals surface area contributed by atoms with Crippen LogP contribution in [0.2, 0.25) is 0 Å². The molecule has 1 aromatic rings. The molecule has 0 radical (unpaired) electrons. The van der Waals surface area contributed by atoms with E-state index in [2.05, 4.69) is 6.07 Å². The molecule has 1 rings (SSSR count). The molecule has 1 aromatic carbocycles. The van der Waals surface area contributed by atoms with Gasteiger partial charge in [0.2, 0.25) is 0 Å². The second kappa shape index (κ2) is 5.37. The summed E-state index contributed by atoms with van der Waals surface area (Å²) >= 11 is 1.42. The number of sulfone groups is 1. The zero-order chi connectivity index (χ0) is 12.2. The standard InChI is InChI=1S/C11H13NO2S2/c1-9-4-3-5-10(8-12)11(9)15-6-7-16(2,13)14/h3-5H,6-7H2,1-2H3. The minimum atomic E-state index is -2.93. The van der Waals surface area contributed by atoms with Gasteiger partial charge in [-0.15, -0.1) is 11.8 Å². The van der Waals surface area contributed by atoms with E-state index in [-0.39, 0.29) is 5.75 Å². The van der Waals surface area contributed by atoms with Crippen molar-refractivity contribution in [3.63, 3.8) is 0 Å². The lowest BCUT2D eigenvalue weighted by molar-refractivity contribution is 0.603. The van der Waals surface area contributed by atoms with E-state index in [1.54, 1.807) is 6.07 Å². The summed E-state index contributed by atoms with van der Waals surface area (Å²) in [5, 5.41) is 8.92. The zero-order valence-corrected chi connectivity index (χ0v) is 10.9. The first kappa shape index (κ1) is 13.1. The number of aryl methyl sites for hydroxylation is 1. The highest BCUT2D eigenvalue weighted by molar-refractivity contribution is 8.00. The first-order chi connectivity index (χ1) is 7.44. The fourth-order valence-corrected chi connectivity index (χ4v) is 3.54. The van der Waals surface area contributed by atoms with Gasteiger partial charge in [0, 0.05) is 16.9 Å². The van der Waals surface area contributed by atoms with E-state index in [1.165, 1.54) is 18.0 Å². The van der Waals surface area contributed by atoms with Crippen LogP contribution < -0.4 is 0 Å². The minimum Gasteiger partial charge on any atom is -0.229 e. The average Bonchev–Trinajstić information content (AvgIpc) is 2.18. The highest BCUT2D eigenvalue weighted by Gasteiger charge is 2.08. The smallest absolute Gasteiger partial charge is 0.148 e. The van der Waals surface area contributed by atoms with Crippen molar-refractivity contribution in [3.8, 4) is 6.07 Å². The molecule has 0 aromatic heterocycles. The lowest BCUT2D eigenvalue weighted by atomic mass is 10.1. The topological polar surface area (TPSA) is 57.9 Å². The van der Waals surface area contributed by atoms with Gasteiger partial charge in [-0.05, 0) is 18.6 Å². The molecule has 0 fully saturated rings. The molecule has 0 atom stereocenters. The maximum absolute atomic E-state index is 11.0. The first-order valence-electron chi connectivity index (χ1n) is 4.74.